The Morgan fingerprint density at radius 1 is 1.00 bits per heavy atom. The number of aryl methyl sites for hydroxylation is 1. The largest absolute Gasteiger partial charge is 0.497 e. The number of fused-ring (bicyclic) bond motifs is 3. The molecular formula is C31H34N2O3. The molecule has 1 aliphatic rings. The summed E-state index contributed by atoms with van der Waals surface area (Å²) in [6.07, 6.45) is 5.44. The van der Waals surface area contributed by atoms with E-state index in [0.29, 0.717) is 6.54 Å². The van der Waals surface area contributed by atoms with E-state index >= 15 is 0 Å². The fourth-order valence-electron chi connectivity index (χ4n) is 5.39. The molecule has 1 aromatic heterocycles. The lowest BCUT2D eigenvalue weighted by molar-refractivity contribution is 0.0690. The van der Waals surface area contributed by atoms with Gasteiger partial charge >= 0.3 is 0 Å². The summed E-state index contributed by atoms with van der Waals surface area (Å²) >= 11 is 0. The lowest BCUT2D eigenvalue weighted by Crippen LogP contribution is -2.40. The molecule has 5 nitrogen and oxygen atoms in total. The minimum absolute atomic E-state index is 0.0351. The molecule has 186 valence electrons. The van der Waals surface area contributed by atoms with Gasteiger partial charge < -0.3 is 19.4 Å². The van der Waals surface area contributed by atoms with Crippen LogP contribution < -0.4 is 9.47 Å². The number of nitrogens with one attached hydrogen (secondary N) is 1. The first-order valence-electron chi connectivity index (χ1n) is 12.9. The SMILES string of the molecule is CCCCCc1ccc(C(=O)N2CCc3c([nH]c4ccc(OC)cc34)C2c2ccccc2OC)cc1. The number of nitrogens with zero attached hydrogens (tertiary/aromatic N) is 1. The van der Waals surface area contributed by atoms with Gasteiger partial charge in [0.15, 0.2) is 0 Å². The standard InChI is InChI=1S/C31H34N2O3/c1-4-5-6-9-21-12-14-22(15-13-21)31(34)33-19-18-24-26-20-23(35-2)16-17-27(26)32-29(24)30(33)25-10-7-8-11-28(25)36-3/h7-8,10-17,20,30,32H,4-6,9,18-19H2,1-3H3. The van der Waals surface area contributed by atoms with Gasteiger partial charge in [0, 0.05) is 34.3 Å². The van der Waals surface area contributed by atoms with E-state index in [-0.39, 0.29) is 11.9 Å². The van der Waals surface area contributed by atoms with E-state index in [2.05, 4.69) is 42.2 Å². The minimum Gasteiger partial charge on any atom is -0.497 e. The molecule has 3 aromatic carbocycles. The van der Waals surface area contributed by atoms with Gasteiger partial charge in [-0.1, -0.05) is 50.1 Å². The topological polar surface area (TPSA) is 54.6 Å². The van der Waals surface area contributed by atoms with Crippen molar-refractivity contribution in [3.8, 4) is 11.5 Å². The summed E-state index contributed by atoms with van der Waals surface area (Å²) in [6, 6.07) is 22.0. The molecule has 0 fully saturated rings. The van der Waals surface area contributed by atoms with E-state index < -0.39 is 0 Å². The predicted molar refractivity (Wildman–Crippen MR) is 144 cm³/mol. The molecular weight excluding hydrogens is 448 g/mol. The second-order valence-corrected chi connectivity index (χ2v) is 9.48. The van der Waals surface area contributed by atoms with E-state index in [9.17, 15) is 4.79 Å². The third kappa shape index (κ3) is 4.46. The number of carbonyl (C=O) groups excluding carboxylic acids is 1. The van der Waals surface area contributed by atoms with Crippen molar-refractivity contribution in [3.63, 3.8) is 0 Å². The highest BCUT2D eigenvalue weighted by Crippen LogP contribution is 2.42. The van der Waals surface area contributed by atoms with Crippen LogP contribution in [-0.4, -0.2) is 36.6 Å². The van der Waals surface area contributed by atoms with Crippen molar-refractivity contribution < 1.29 is 14.3 Å². The van der Waals surface area contributed by atoms with Crippen LogP contribution >= 0.6 is 0 Å². The van der Waals surface area contributed by atoms with Crippen molar-refractivity contribution in [1.29, 1.82) is 0 Å². The van der Waals surface area contributed by atoms with Gasteiger partial charge in [0.1, 0.15) is 17.5 Å². The first-order chi connectivity index (χ1) is 17.6. The third-order valence-corrected chi connectivity index (χ3v) is 7.30. The average molecular weight is 483 g/mol. The van der Waals surface area contributed by atoms with Crippen molar-refractivity contribution in [2.75, 3.05) is 20.8 Å². The summed E-state index contributed by atoms with van der Waals surface area (Å²) < 4.78 is 11.2. The molecule has 36 heavy (non-hydrogen) atoms. The molecule has 1 amide bonds. The number of ether oxygens (including phenoxy) is 2. The van der Waals surface area contributed by atoms with Crippen LogP contribution in [0.25, 0.3) is 10.9 Å². The maximum absolute atomic E-state index is 13.9. The van der Waals surface area contributed by atoms with Gasteiger partial charge in [-0.05, 0) is 66.8 Å². The van der Waals surface area contributed by atoms with Gasteiger partial charge in [-0.25, -0.2) is 0 Å². The number of benzene rings is 3. The van der Waals surface area contributed by atoms with Crippen LogP contribution in [0.2, 0.25) is 0 Å². The van der Waals surface area contributed by atoms with Crippen LogP contribution in [-0.2, 0) is 12.8 Å². The van der Waals surface area contributed by atoms with Gasteiger partial charge in [0.05, 0.1) is 14.2 Å². The Labute approximate surface area is 213 Å². The van der Waals surface area contributed by atoms with Crippen molar-refractivity contribution in [2.24, 2.45) is 0 Å². The highest BCUT2D eigenvalue weighted by molar-refractivity contribution is 5.96. The molecule has 0 bridgehead atoms. The Kier molecular flexibility index (Phi) is 6.99. The summed E-state index contributed by atoms with van der Waals surface area (Å²) in [4.78, 5) is 19.6. The number of carbonyl (C=O) groups is 1. The number of methoxy groups -OCH3 is 2. The van der Waals surface area contributed by atoms with E-state index in [4.69, 9.17) is 9.47 Å². The summed E-state index contributed by atoms with van der Waals surface area (Å²) in [5.74, 6) is 1.64. The molecule has 1 N–H and O–H groups in total. The lowest BCUT2D eigenvalue weighted by Gasteiger charge is -2.37. The van der Waals surface area contributed by atoms with E-state index in [1.807, 2.05) is 41.3 Å². The first kappa shape index (κ1) is 24.0. The third-order valence-electron chi connectivity index (χ3n) is 7.30. The molecule has 5 rings (SSSR count). The van der Waals surface area contributed by atoms with E-state index in [1.54, 1.807) is 14.2 Å². The van der Waals surface area contributed by atoms with Crippen LogP contribution in [0, 0.1) is 0 Å². The van der Waals surface area contributed by atoms with Gasteiger partial charge in [-0.3, -0.25) is 4.79 Å². The van der Waals surface area contributed by atoms with Crippen molar-refractivity contribution in [3.05, 3.63) is 94.7 Å². The van der Waals surface area contributed by atoms with Crippen LogP contribution in [0.1, 0.15) is 65.0 Å². The number of hydrogen-bond acceptors (Lipinski definition) is 3. The van der Waals surface area contributed by atoms with Crippen LogP contribution in [0.15, 0.2) is 66.7 Å². The Balaban J connectivity index is 1.55. The molecule has 0 saturated carbocycles. The zero-order chi connectivity index (χ0) is 25.1. The molecule has 0 aliphatic carbocycles. The molecule has 2 heterocycles. The van der Waals surface area contributed by atoms with Crippen LogP contribution in [0.5, 0.6) is 11.5 Å². The Hall–Kier alpha value is -3.73. The highest BCUT2D eigenvalue weighted by atomic mass is 16.5. The molecule has 1 unspecified atom stereocenters. The summed E-state index contributed by atoms with van der Waals surface area (Å²) in [5, 5.41) is 1.15. The fraction of sp³-hybridized carbons (Fsp3) is 0.323. The second kappa shape index (κ2) is 10.5. The summed E-state index contributed by atoms with van der Waals surface area (Å²) in [7, 11) is 3.37. The van der Waals surface area contributed by atoms with Crippen LogP contribution in [0.4, 0.5) is 0 Å². The number of hydrogen-bond donors (Lipinski definition) is 1. The maximum atomic E-state index is 13.9. The highest BCUT2D eigenvalue weighted by Gasteiger charge is 2.36. The van der Waals surface area contributed by atoms with Crippen molar-refractivity contribution in [1.82, 2.24) is 9.88 Å². The number of rotatable bonds is 8. The monoisotopic (exact) mass is 482 g/mol. The normalized spacial score (nSPS) is 15.1. The second-order valence-electron chi connectivity index (χ2n) is 9.48. The fourth-order valence-corrected chi connectivity index (χ4v) is 5.39. The van der Waals surface area contributed by atoms with E-state index in [1.165, 1.54) is 30.4 Å². The quantitative estimate of drug-likeness (QED) is 0.284. The molecule has 0 saturated heterocycles. The lowest BCUT2D eigenvalue weighted by atomic mass is 9.91. The molecule has 0 spiro atoms. The number of aromatic amines is 1. The maximum Gasteiger partial charge on any atom is 0.254 e. The number of para-hydroxylation sites is 1. The van der Waals surface area contributed by atoms with Gasteiger partial charge in [-0.15, -0.1) is 0 Å². The molecule has 4 aromatic rings. The number of unbranched alkanes of at least 4 members (excludes halogenated alkanes) is 2. The smallest absolute Gasteiger partial charge is 0.254 e. The first-order valence-corrected chi connectivity index (χ1v) is 12.9. The number of amides is 1. The van der Waals surface area contributed by atoms with Crippen molar-refractivity contribution in [2.45, 2.75) is 45.1 Å². The summed E-state index contributed by atoms with van der Waals surface area (Å²) in [5.41, 5.74) is 6.30. The van der Waals surface area contributed by atoms with Crippen LogP contribution in [0.3, 0.4) is 0 Å². The van der Waals surface area contributed by atoms with Gasteiger partial charge in [0.2, 0.25) is 0 Å². The molecule has 5 heteroatoms. The Morgan fingerprint density at radius 2 is 1.81 bits per heavy atom. The van der Waals surface area contributed by atoms with Crippen molar-refractivity contribution >= 4 is 16.8 Å². The number of H-pyrrole nitrogens is 1. The van der Waals surface area contributed by atoms with Gasteiger partial charge in [-0.2, -0.15) is 0 Å². The Bertz CT molecular complexity index is 1360. The zero-order valence-corrected chi connectivity index (χ0v) is 21.3. The average Bonchev–Trinajstić information content (AvgIpc) is 3.30. The van der Waals surface area contributed by atoms with E-state index in [0.717, 1.165) is 52.1 Å². The predicted octanol–water partition coefficient (Wildman–Crippen LogP) is 6.71. The summed E-state index contributed by atoms with van der Waals surface area (Å²) in [6.45, 7) is 2.84. The molecule has 1 atom stereocenters. The number of aromatic nitrogens is 1. The minimum atomic E-state index is -0.278. The van der Waals surface area contributed by atoms with Gasteiger partial charge in [0.25, 0.3) is 5.91 Å². The molecule has 1 aliphatic heterocycles. The zero-order valence-electron chi connectivity index (χ0n) is 21.3. The molecule has 0 radical (unpaired) electrons. The Morgan fingerprint density at radius 3 is 2.56 bits per heavy atom.